The molecule has 108 valence electrons. The highest BCUT2D eigenvalue weighted by molar-refractivity contribution is 5.66. The van der Waals surface area contributed by atoms with Crippen molar-refractivity contribution in [2.24, 2.45) is 11.8 Å². The summed E-state index contributed by atoms with van der Waals surface area (Å²) in [4.78, 5) is 11.4. The van der Waals surface area contributed by atoms with E-state index < -0.39 is 0 Å². The van der Waals surface area contributed by atoms with E-state index in [1.54, 1.807) is 6.92 Å². The Hall–Kier alpha value is -0.570. The standard InChI is InChI=1S/C16H28NO2/c1-12(18)19-16-13-6-5-7-14(16)15(9-8-13)17(2)10-3-4-11-17/h13-16H,3-11H2,1-2H3/q+1. The minimum absolute atomic E-state index is 0.0772. The van der Waals surface area contributed by atoms with Crippen LogP contribution in [0.15, 0.2) is 0 Å². The highest BCUT2D eigenvalue weighted by Crippen LogP contribution is 2.46. The highest BCUT2D eigenvalue weighted by atomic mass is 16.5. The van der Waals surface area contributed by atoms with Crippen molar-refractivity contribution in [3.8, 4) is 0 Å². The number of carbonyl (C=O) groups excluding carboxylic acids is 1. The van der Waals surface area contributed by atoms with Gasteiger partial charge in [0.05, 0.1) is 26.2 Å². The molecular weight excluding hydrogens is 238 g/mol. The second kappa shape index (κ2) is 5.08. The second-order valence-corrected chi connectivity index (χ2v) is 7.21. The lowest BCUT2D eigenvalue weighted by Crippen LogP contribution is -2.60. The molecule has 1 heterocycles. The molecule has 4 unspecified atom stereocenters. The largest absolute Gasteiger partial charge is 0.462 e. The minimum atomic E-state index is -0.0772. The van der Waals surface area contributed by atoms with Crippen molar-refractivity contribution >= 4 is 5.97 Å². The molecule has 2 saturated carbocycles. The molecule has 4 atom stereocenters. The molecule has 19 heavy (non-hydrogen) atoms. The number of likely N-dealkylation sites (tertiary alicyclic amines) is 1. The molecule has 2 bridgehead atoms. The van der Waals surface area contributed by atoms with Crippen LogP contribution in [0.3, 0.4) is 0 Å². The van der Waals surface area contributed by atoms with Gasteiger partial charge in [-0.25, -0.2) is 0 Å². The topological polar surface area (TPSA) is 26.3 Å². The maximum atomic E-state index is 11.4. The Balaban J connectivity index is 1.80. The van der Waals surface area contributed by atoms with Gasteiger partial charge in [-0.15, -0.1) is 0 Å². The van der Waals surface area contributed by atoms with Crippen LogP contribution in [0.1, 0.15) is 51.9 Å². The van der Waals surface area contributed by atoms with Gasteiger partial charge in [0, 0.05) is 32.1 Å². The smallest absolute Gasteiger partial charge is 0.302 e. The molecule has 3 nitrogen and oxygen atoms in total. The van der Waals surface area contributed by atoms with Gasteiger partial charge in [0.15, 0.2) is 0 Å². The monoisotopic (exact) mass is 266 g/mol. The first-order valence-electron chi connectivity index (χ1n) is 8.11. The van der Waals surface area contributed by atoms with Crippen LogP contribution in [-0.4, -0.2) is 42.7 Å². The van der Waals surface area contributed by atoms with Gasteiger partial charge in [0.25, 0.3) is 0 Å². The first-order chi connectivity index (χ1) is 9.10. The third-order valence-corrected chi connectivity index (χ3v) is 6.02. The number of nitrogens with zero attached hydrogens (tertiary/aromatic N) is 1. The summed E-state index contributed by atoms with van der Waals surface area (Å²) < 4.78 is 6.99. The van der Waals surface area contributed by atoms with Gasteiger partial charge in [0.2, 0.25) is 0 Å². The summed E-state index contributed by atoms with van der Waals surface area (Å²) in [6, 6.07) is 0.739. The van der Waals surface area contributed by atoms with Gasteiger partial charge in [-0.05, 0) is 25.2 Å². The number of carbonyl (C=O) groups is 1. The van der Waals surface area contributed by atoms with E-state index in [0.29, 0.717) is 11.8 Å². The molecule has 3 aliphatic rings. The summed E-state index contributed by atoms with van der Waals surface area (Å²) in [5.74, 6) is 1.19. The zero-order valence-electron chi connectivity index (χ0n) is 12.4. The molecule has 3 heteroatoms. The van der Waals surface area contributed by atoms with Crippen molar-refractivity contribution in [3.63, 3.8) is 0 Å². The van der Waals surface area contributed by atoms with Gasteiger partial charge in [-0.2, -0.15) is 0 Å². The number of fused-ring (bicyclic) bond motifs is 2. The average molecular weight is 266 g/mol. The lowest BCUT2D eigenvalue weighted by molar-refractivity contribution is -0.928. The lowest BCUT2D eigenvalue weighted by atomic mass is 9.66. The Labute approximate surface area is 116 Å². The molecule has 3 fully saturated rings. The predicted molar refractivity (Wildman–Crippen MR) is 74.6 cm³/mol. The molecule has 1 aliphatic heterocycles. The van der Waals surface area contributed by atoms with E-state index in [4.69, 9.17) is 4.74 Å². The molecule has 3 rings (SSSR count). The van der Waals surface area contributed by atoms with E-state index in [9.17, 15) is 4.79 Å². The molecule has 0 N–H and O–H groups in total. The fourth-order valence-electron chi connectivity index (χ4n) is 5.15. The van der Waals surface area contributed by atoms with Crippen LogP contribution in [0, 0.1) is 11.8 Å². The zero-order chi connectivity index (χ0) is 13.5. The highest BCUT2D eigenvalue weighted by Gasteiger charge is 2.51. The van der Waals surface area contributed by atoms with Crippen LogP contribution in [-0.2, 0) is 9.53 Å². The van der Waals surface area contributed by atoms with Crippen LogP contribution < -0.4 is 0 Å². The molecule has 2 aliphatic carbocycles. The van der Waals surface area contributed by atoms with Crippen LogP contribution in [0.25, 0.3) is 0 Å². The summed E-state index contributed by atoms with van der Waals surface area (Å²) in [6.45, 7) is 4.24. The summed E-state index contributed by atoms with van der Waals surface area (Å²) in [5, 5.41) is 0. The Morgan fingerprint density at radius 3 is 2.47 bits per heavy atom. The Morgan fingerprint density at radius 1 is 1.05 bits per heavy atom. The molecule has 1 saturated heterocycles. The van der Waals surface area contributed by atoms with Crippen molar-refractivity contribution in [1.82, 2.24) is 0 Å². The van der Waals surface area contributed by atoms with Crippen LogP contribution in [0.2, 0.25) is 0 Å². The SMILES string of the molecule is CC(=O)OC1C2CCCC1C([N+]1(C)CCCC1)CC2. The van der Waals surface area contributed by atoms with Crippen molar-refractivity contribution in [2.75, 3.05) is 20.1 Å². The molecule has 0 aromatic rings. The maximum absolute atomic E-state index is 11.4. The van der Waals surface area contributed by atoms with Crippen molar-refractivity contribution in [1.29, 1.82) is 0 Å². The second-order valence-electron chi connectivity index (χ2n) is 7.21. The Bertz CT molecular complexity index is 349. The van der Waals surface area contributed by atoms with Gasteiger partial charge in [-0.1, -0.05) is 6.42 Å². The number of hydrogen-bond acceptors (Lipinski definition) is 2. The Kier molecular flexibility index (Phi) is 3.59. The number of rotatable bonds is 2. The number of ether oxygens (including phenoxy) is 1. The number of hydrogen-bond donors (Lipinski definition) is 0. The molecule has 0 aromatic carbocycles. The van der Waals surface area contributed by atoms with E-state index in [0.717, 1.165) is 6.04 Å². The van der Waals surface area contributed by atoms with Crippen LogP contribution in [0.4, 0.5) is 0 Å². The third-order valence-electron chi connectivity index (χ3n) is 6.02. The summed E-state index contributed by atoms with van der Waals surface area (Å²) >= 11 is 0. The lowest BCUT2D eigenvalue weighted by Gasteiger charge is -2.51. The van der Waals surface area contributed by atoms with E-state index in [1.165, 1.54) is 62.5 Å². The average Bonchev–Trinajstić information content (AvgIpc) is 2.76. The normalized spacial score (nSPS) is 40.9. The van der Waals surface area contributed by atoms with E-state index in [2.05, 4.69) is 7.05 Å². The van der Waals surface area contributed by atoms with Gasteiger partial charge in [0.1, 0.15) is 6.10 Å². The van der Waals surface area contributed by atoms with Crippen molar-refractivity contribution in [2.45, 2.75) is 64.0 Å². The minimum Gasteiger partial charge on any atom is -0.462 e. The summed E-state index contributed by atoms with van der Waals surface area (Å²) in [6.07, 6.45) is 9.47. The zero-order valence-corrected chi connectivity index (χ0v) is 12.4. The third kappa shape index (κ3) is 2.42. The quantitative estimate of drug-likeness (QED) is 0.567. The first-order valence-corrected chi connectivity index (χ1v) is 8.11. The number of quaternary nitrogens is 1. The maximum Gasteiger partial charge on any atom is 0.302 e. The molecule has 0 amide bonds. The van der Waals surface area contributed by atoms with E-state index >= 15 is 0 Å². The molecule has 0 spiro atoms. The molecule has 0 aromatic heterocycles. The predicted octanol–water partition coefficient (Wildman–Crippen LogP) is 2.74. The van der Waals surface area contributed by atoms with E-state index in [-0.39, 0.29) is 12.1 Å². The molecular formula is C16H28NO2+. The van der Waals surface area contributed by atoms with Crippen LogP contribution >= 0.6 is 0 Å². The molecule has 0 radical (unpaired) electrons. The number of esters is 1. The van der Waals surface area contributed by atoms with Gasteiger partial charge in [-0.3, -0.25) is 4.79 Å². The van der Waals surface area contributed by atoms with Crippen molar-refractivity contribution < 1.29 is 14.0 Å². The fourth-order valence-corrected chi connectivity index (χ4v) is 5.15. The van der Waals surface area contributed by atoms with Gasteiger partial charge >= 0.3 is 5.97 Å². The summed E-state index contributed by atoms with van der Waals surface area (Å²) in [7, 11) is 2.44. The summed E-state index contributed by atoms with van der Waals surface area (Å²) in [5.41, 5.74) is 0. The Morgan fingerprint density at radius 2 is 1.79 bits per heavy atom. The van der Waals surface area contributed by atoms with Crippen LogP contribution in [0.5, 0.6) is 0 Å². The van der Waals surface area contributed by atoms with Crippen molar-refractivity contribution in [3.05, 3.63) is 0 Å². The fraction of sp³-hybridized carbons (Fsp3) is 0.938. The first kappa shape index (κ1) is 13.4. The van der Waals surface area contributed by atoms with E-state index in [1.807, 2.05) is 0 Å². The van der Waals surface area contributed by atoms with Gasteiger partial charge < -0.3 is 9.22 Å².